The van der Waals surface area contributed by atoms with Crippen molar-refractivity contribution in [3.05, 3.63) is 131 Å². The zero-order valence-corrected chi connectivity index (χ0v) is 18.4. The molecule has 0 aromatic heterocycles. The topological polar surface area (TPSA) is 12.2 Å². The van der Waals surface area contributed by atoms with Crippen LogP contribution in [-0.4, -0.2) is 24.4 Å². The number of hydrogen-bond acceptors (Lipinski definition) is 1. The number of hydrogen-bond donors (Lipinski definition) is 0. The first kappa shape index (κ1) is 20.6. The van der Waals surface area contributed by atoms with Gasteiger partial charge in [-0.3, -0.25) is 0 Å². The molecule has 4 rings (SSSR count). The Bertz CT molecular complexity index is 1150. The van der Waals surface area contributed by atoms with E-state index in [0.29, 0.717) is 0 Å². The fourth-order valence-electron chi connectivity index (χ4n) is 3.67. The molecule has 154 valence electrons. The van der Waals surface area contributed by atoms with Gasteiger partial charge in [0, 0.05) is 17.7 Å². The van der Waals surface area contributed by atoms with Crippen molar-refractivity contribution >= 4 is 17.0 Å². The van der Waals surface area contributed by atoms with Crippen LogP contribution in [0.3, 0.4) is 0 Å². The minimum atomic E-state index is 0.855. The van der Waals surface area contributed by atoms with E-state index in [0.717, 1.165) is 29.1 Å². The van der Waals surface area contributed by atoms with Gasteiger partial charge < -0.3 is 4.74 Å². The molecule has 0 unspecified atom stereocenters. The first-order chi connectivity index (χ1) is 15.1. The Hall–Kier alpha value is -3.65. The fraction of sp³-hybridized carbons (Fsp3) is 0.138. The van der Waals surface area contributed by atoms with E-state index < -0.39 is 0 Å². The molecule has 0 amide bonds. The summed E-state index contributed by atoms with van der Waals surface area (Å²) in [5.74, 6) is 1.72. The van der Waals surface area contributed by atoms with E-state index in [2.05, 4.69) is 105 Å². The zero-order chi connectivity index (χ0) is 21.6. The molecule has 0 spiro atoms. The number of benzene rings is 2. The van der Waals surface area contributed by atoms with Crippen molar-refractivity contribution in [2.24, 2.45) is 0 Å². The second-order valence-corrected chi connectivity index (χ2v) is 7.81. The zero-order valence-electron chi connectivity index (χ0n) is 18.4. The highest BCUT2D eigenvalue weighted by Crippen LogP contribution is 2.32. The minimum Gasteiger partial charge on any atom is -0.457 e. The van der Waals surface area contributed by atoms with E-state index in [9.17, 15) is 0 Å². The van der Waals surface area contributed by atoms with Crippen LogP contribution in [0.25, 0.3) is 11.3 Å². The first-order valence-electron chi connectivity index (χ1n) is 10.7. The van der Waals surface area contributed by atoms with Crippen LogP contribution in [0, 0.1) is 0 Å². The molecule has 1 heterocycles. The predicted octanol–water partition coefficient (Wildman–Crippen LogP) is 6.57. The number of ether oxygens (including phenoxy) is 1. The highest BCUT2D eigenvalue weighted by Gasteiger charge is 2.15. The van der Waals surface area contributed by atoms with E-state index >= 15 is 0 Å². The van der Waals surface area contributed by atoms with Crippen molar-refractivity contribution in [1.29, 1.82) is 0 Å². The summed E-state index contributed by atoms with van der Waals surface area (Å²) in [6.45, 7) is 2.19. The highest BCUT2D eigenvalue weighted by molar-refractivity contribution is 6.02. The molecule has 31 heavy (non-hydrogen) atoms. The molecule has 2 aromatic carbocycles. The minimum absolute atomic E-state index is 0.855. The third-order valence-electron chi connectivity index (χ3n) is 5.43. The Morgan fingerprint density at radius 1 is 0.806 bits per heavy atom. The van der Waals surface area contributed by atoms with Crippen LogP contribution in [0.4, 0.5) is 0 Å². The van der Waals surface area contributed by atoms with Gasteiger partial charge in [0.2, 0.25) is 0 Å². The summed E-state index contributed by atoms with van der Waals surface area (Å²) in [5.41, 5.74) is 7.06. The summed E-state index contributed by atoms with van der Waals surface area (Å²) in [4.78, 5) is 0. The second-order valence-electron chi connectivity index (χ2n) is 7.81. The summed E-state index contributed by atoms with van der Waals surface area (Å²) < 4.78 is 8.47. The monoisotopic (exact) mass is 406 g/mol. The van der Waals surface area contributed by atoms with Crippen LogP contribution in [0.5, 0.6) is 0 Å². The van der Waals surface area contributed by atoms with Gasteiger partial charge in [0.1, 0.15) is 25.6 Å². The van der Waals surface area contributed by atoms with Gasteiger partial charge in [-0.1, -0.05) is 67.6 Å². The Morgan fingerprint density at radius 2 is 1.42 bits per heavy atom. The highest BCUT2D eigenvalue weighted by atomic mass is 16.5. The molecule has 1 aliphatic carbocycles. The maximum Gasteiger partial charge on any atom is 0.199 e. The predicted molar refractivity (Wildman–Crippen MR) is 131 cm³/mol. The van der Waals surface area contributed by atoms with Gasteiger partial charge in [-0.05, 0) is 59.1 Å². The van der Waals surface area contributed by atoms with E-state index in [1.54, 1.807) is 0 Å². The maximum absolute atomic E-state index is 6.36. The molecular weight excluding hydrogens is 378 g/mol. The van der Waals surface area contributed by atoms with Crippen molar-refractivity contribution in [2.75, 3.05) is 14.1 Å². The lowest BCUT2D eigenvalue weighted by Crippen LogP contribution is -2.10. The molecule has 0 saturated carbocycles. The van der Waals surface area contributed by atoms with Crippen molar-refractivity contribution < 1.29 is 9.31 Å². The summed E-state index contributed by atoms with van der Waals surface area (Å²) in [6.07, 6.45) is 16.0. The summed E-state index contributed by atoms with van der Waals surface area (Å²) in [7, 11) is 4.12. The van der Waals surface area contributed by atoms with E-state index in [4.69, 9.17) is 4.74 Å². The Kier molecular flexibility index (Phi) is 6.28. The maximum atomic E-state index is 6.36. The van der Waals surface area contributed by atoms with Crippen LogP contribution < -0.4 is 0 Å². The van der Waals surface area contributed by atoms with Crippen molar-refractivity contribution in [3.63, 3.8) is 0 Å². The smallest absolute Gasteiger partial charge is 0.199 e. The molecule has 2 aliphatic rings. The molecule has 2 nitrogen and oxygen atoms in total. The number of allylic oxidation sites excluding steroid dienone is 10. The van der Waals surface area contributed by atoms with E-state index in [-0.39, 0.29) is 0 Å². The van der Waals surface area contributed by atoms with E-state index in [1.165, 1.54) is 22.4 Å². The van der Waals surface area contributed by atoms with Gasteiger partial charge in [0.05, 0.1) is 0 Å². The fourth-order valence-corrected chi connectivity index (χ4v) is 3.67. The summed E-state index contributed by atoms with van der Waals surface area (Å²) in [5, 5.41) is 0. The van der Waals surface area contributed by atoms with Gasteiger partial charge in [-0.25, -0.2) is 4.58 Å². The van der Waals surface area contributed by atoms with Gasteiger partial charge >= 0.3 is 0 Å². The Balaban J connectivity index is 1.76. The lowest BCUT2D eigenvalue weighted by atomic mass is 9.97. The molecule has 1 aliphatic heterocycles. The van der Waals surface area contributed by atoms with Gasteiger partial charge in [-0.2, -0.15) is 0 Å². The standard InChI is InChI=1S/C29H28NO/c1-4-22(24-15-17-27(18-16-24)30(2)3)19-28-20-26(23-11-7-5-8-12-23)21-29(31-28)25-13-9-6-10-14-25/h5-21H,4H2,1-3H3/q+1/b28-19+. The van der Waals surface area contributed by atoms with Crippen LogP contribution in [0.1, 0.15) is 24.5 Å². The van der Waals surface area contributed by atoms with Crippen LogP contribution in [-0.2, 0) is 4.74 Å². The second kappa shape index (κ2) is 9.44. The molecule has 2 aromatic rings. The summed E-state index contributed by atoms with van der Waals surface area (Å²) in [6, 6.07) is 20.7. The molecule has 0 bridgehead atoms. The average molecular weight is 407 g/mol. The van der Waals surface area contributed by atoms with Crippen LogP contribution >= 0.6 is 0 Å². The summed E-state index contributed by atoms with van der Waals surface area (Å²) >= 11 is 0. The average Bonchev–Trinajstić information content (AvgIpc) is 2.83. The lowest BCUT2D eigenvalue weighted by Gasteiger charge is -2.19. The van der Waals surface area contributed by atoms with Gasteiger partial charge in [-0.15, -0.1) is 0 Å². The third-order valence-corrected chi connectivity index (χ3v) is 5.43. The Labute approximate surface area is 185 Å². The quantitative estimate of drug-likeness (QED) is 0.523. The molecular formula is C29H28NO+. The van der Waals surface area contributed by atoms with Crippen molar-refractivity contribution in [3.8, 4) is 0 Å². The SMILES string of the molecule is CCC(/C=C1\C=C(c2ccccc2)C=C(c2ccccc2)O1)=C1C=CC(=[N+](C)C)C=C1. The van der Waals surface area contributed by atoms with E-state index in [1.807, 2.05) is 24.3 Å². The third kappa shape index (κ3) is 4.92. The van der Waals surface area contributed by atoms with Gasteiger partial charge in [0.15, 0.2) is 5.71 Å². The molecule has 0 N–H and O–H groups in total. The van der Waals surface area contributed by atoms with Crippen molar-refractivity contribution in [2.45, 2.75) is 13.3 Å². The molecule has 0 atom stereocenters. The molecule has 0 fully saturated rings. The van der Waals surface area contributed by atoms with Crippen LogP contribution in [0.15, 0.2) is 120 Å². The molecule has 0 radical (unpaired) electrons. The first-order valence-corrected chi connectivity index (χ1v) is 10.7. The van der Waals surface area contributed by atoms with Crippen LogP contribution in [0.2, 0.25) is 0 Å². The Morgan fingerprint density at radius 3 is 2.00 bits per heavy atom. The molecule has 2 heteroatoms. The van der Waals surface area contributed by atoms with Gasteiger partial charge in [0.25, 0.3) is 0 Å². The number of rotatable bonds is 4. The number of nitrogens with zero attached hydrogens (tertiary/aromatic N) is 1. The normalized spacial score (nSPS) is 16.7. The molecule has 0 saturated heterocycles. The largest absolute Gasteiger partial charge is 0.457 e. The van der Waals surface area contributed by atoms with Crippen molar-refractivity contribution in [1.82, 2.24) is 0 Å². The lowest BCUT2D eigenvalue weighted by molar-refractivity contribution is -0.462.